The van der Waals surface area contributed by atoms with E-state index in [1.807, 2.05) is 159 Å². The van der Waals surface area contributed by atoms with E-state index in [2.05, 4.69) is 47.3 Å². The van der Waals surface area contributed by atoms with Gasteiger partial charge in [-0.3, -0.25) is 44.7 Å². The first kappa shape index (κ1) is 65.6. The number of methoxy groups -OCH3 is 1. The third-order valence-corrected chi connectivity index (χ3v) is 18.8. The standard InChI is InChI=1S/C28H23N5O3.C27H21N5O3.C27H21N5O2/c1-36-25-11-9-19-16-20(25)13-14-32-24-8-3-2-7-23(24)29-28(32)30-27(35)21-6-4-5-18(15-21)17-33-26(34)12-10-22(19)31-33;33-24-10-8-18-15-19(24)12-13-31-23-7-2-1-6-22(23)28-27(31)29-26(35)20-5-3-4-17(14-20)16-32-25(34)11-9-21(18)30-32;1-17-12-23-20-8-4-6-18(13-20)15-31-24-11-3-2-10-22(24)28-27(31)29-25(33)21-9-5-7-19(14-21)16-32(30-23)26(17)34/h2-12,15-16H,13-14,17H2,1H3,(H,29,30,35);1-11,14-15,33H,12-13,16H2,(H,28,29,35);2-14H,15-16H2,1H3,(H,28,29,33). The molecule has 18 bridgehead atoms. The number of aromatic hydroxyl groups is 1. The molecule has 9 heterocycles. The first-order chi connectivity index (χ1) is 51.2. The van der Waals surface area contributed by atoms with Crippen molar-refractivity contribution < 1.29 is 24.2 Å². The van der Waals surface area contributed by atoms with E-state index in [4.69, 9.17) is 9.72 Å². The first-order valence-corrected chi connectivity index (χ1v) is 34.1. The van der Waals surface area contributed by atoms with E-state index < -0.39 is 0 Å². The Hall–Kier alpha value is -14.0. The van der Waals surface area contributed by atoms with Gasteiger partial charge < -0.3 is 23.5 Å². The summed E-state index contributed by atoms with van der Waals surface area (Å²) in [5.41, 5.74) is 16.4. The van der Waals surface area contributed by atoms with E-state index in [0.717, 1.165) is 94.6 Å². The number of carbonyl (C=O) groups is 3. The maximum atomic E-state index is 13.2. The quantitative estimate of drug-likeness (QED) is 0.119. The minimum atomic E-state index is -0.297. The summed E-state index contributed by atoms with van der Waals surface area (Å²) in [5, 5.41) is 33.3. The number of ether oxygens (including phenoxy) is 1. The molecule has 15 aromatic rings. The van der Waals surface area contributed by atoms with Gasteiger partial charge in [0.1, 0.15) is 11.5 Å². The van der Waals surface area contributed by atoms with Gasteiger partial charge in [0.25, 0.3) is 34.4 Å². The molecule has 23 heteroatoms. The molecule has 105 heavy (non-hydrogen) atoms. The molecule has 0 unspecified atom stereocenters. The molecule has 23 nitrogen and oxygen atoms in total. The lowest BCUT2D eigenvalue weighted by Gasteiger charge is -2.15. The van der Waals surface area contributed by atoms with Gasteiger partial charge in [0, 0.05) is 64.2 Å². The van der Waals surface area contributed by atoms with E-state index in [-0.39, 0.29) is 59.8 Å². The summed E-state index contributed by atoms with van der Waals surface area (Å²) in [5.74, 6) is 1.52. The molecule has 6 aromatic heterocycles. The smallest absolute Gasteiger partial charge is 0.270 e. The van der Waals surface area contributed by atoms with Crippen molar-refractivity contribution in [2.45, 2.75) is 59.0 Å². The SMILES string of the molecule is COc1ccc2cc1CCn1c(nc3ccccc31)NC(=O)c1cccc(c1)Cn1nc-2ccc1=O.Cc1cc2nn(c1=O)Cc1cccc(c1)C(=O)Nc1nc3ccccc3n1Cc1cccc-2c1.O=C1Nc2nc3ccccc3n2CCc2cc(ccc2O)-c2ccc(=O)n(n2)Cc2cccc1c2. The normalized spacial score (nSPS) is 13.2. The van der Waals surface area contributed by atoms with Crippen molar-refractivity contribution in [2.24, 2.45) is 0 Å². The molecule has 4 N–H and O–H groups in total. The summed E-state index contributed by atoms with van der Waals surface area (Å²) in [6.45, 7) is 4.11. The van der Waals surface area contributed by atoms with Crippen molar-refractivity contribution in [3.05, 3.63) is 323 Å². The Morgan fingerprint density at radius 2 is 0.771 bits per heavy atom. The number of hydrogen-bond acceptors (Lipinski definition) is 14. The van der Waals surface area contributed by atoms with Gasteiger partial charge in [-0.25, -0.2) is 29.0 Å². The lowest BCUT2D eigenvalue weighted by atomic mass is 10.0. The van der Waals surface area contributed by atoms with E-state index in [1.165, 1.54) is 26.2 Å². The van der Waals surface area contributed by atoms with Crippen LogP contribution in [0.2, 0.25) is 0 Å². The number of nitrogens with one attached hydrogen (secondary N) is 3. The number of aromatic nitrogens is 12. The zero-order valence-corrected chi connectivity index (χ0v) is 56.8. The van der Waals surface area contributed by atoms with Crippen LogP contribution in [-0.2, 0) is 52.1 Å². The predicted molar refractivity (Wildman–Crippen MR) is 401 cm³/mol. The molecule has 18 rings (SSSR count). The number of hydrogen-bond donors (Lipinski definition) is 4. The molecule has 0 aliphatic carbocycles. The van der Waals surface area contributed by atoms with Crippen LogP contribution in [-0.4, -0.2) is 87.9 Å². The number of imidazole rings is 3. The van der Waals surface area contributed by atoms with Crippen molar-refractivity contribution in [3.8, 4) is 45.3 Å². The second kappa shape index (κ2) is 27.9. The summed E-state index contributed by atoms with van der Waals surface area (Å²) in [4.78, 5) is 91.5. The van der Waals surface area contributed by atoms with Crippen LogP contribution in [0.3, 0.4) is 0 Å². The fourth-order valence-electron chi connectivity index (χ4n) is 13.5. The molecule has 516 valence electrons. The maximum Gasteiger partial charge on any atom is 0.270 e. The van der Waals surface area contributed by atoms with Crippen LogP contribution in [0, 0.1) is 6.92 Å². The molecule has 0 saturated carbocycles. The fourth-order valence-corrected chi connectivity index (χ4v) is 13.5. The average Bonchev–Trinajstić information content (AvgIpc) is 1.77. The largest absolute Gasteiger partial charge is 0.508 e. The number of fused-ring (bicyclic) bond motifs is 30. The summed E-state index contributed by atoms with van der Waals surface area (Å²) in [6, 6.07) is 72.5. The van der Waals surface area contributed by atoms with E-state index in [0.29, 0.717) is 84.0 Å². The maximum absolute atomic E-state index is 13.2. The first-order valence-electron chi connectivity index (χ1n) is 34.1. The highest BCUT2D eigenvalue weighted by Crippen LogP contribution is 2.32. The van der Waals surface area contributed by atoms with Crippen LogP contribution in [0.25, 0.3) is 66.9 Å². The minimum absolute atomic E-state index is 0.148. The summed E-state index contributed by atoms with van der Waals surface area (Å²) in [6.07, 6.45) is 1.13. The molecule has 3 aliphatic rings. The van der Waals surface area contributed by atoms with E-state index >= 15 is 0 Å². The Bertz CT molecular complexity index is 6180. The van der Waals surface area contributed by atoms with Crippen LogP contribution in [0.1, 0.15) is 70.0 Å². The lowest BCUT2D eigenvalue weighted by molar-refractivity contribution is 0.101. The monoisotopic (exact) mass is 1390 g/mol. The second-order valence-corrected chi connectivity index (χ2v) is 25.8. The van der Waals surface area contributed by atoms with Crippen molar-refractivity contribution in [3.63, 3.8) is 0 Å². The fraction of sp³-hybridized carbons (Fsp3) is 0.122. The highest BCUT2D eigenvalue weighted by Gasteiger charge is 2.23. The van der Waals surface area contributed by atoms with Gasteiger partial charge in [-0.2, -0.15) is 15.3 Å². The number of carbonyl (C=O) groups excluding carboxylic acids is 3. The van der Waals surface area contributed by atoms with E-state index in [9.17, 15) is 33.9 Å². The highest BCUT2D eigenvalue weighted by atomic mass is 16.5. The summed E-state index contributed by atoms with van der Waals surface area (Å²) >= 11 is 0. The second-order valence-electron chi connectivity index (χ2n) is 25.8. The van der Waals surface area contributed by atoms with Gasteiger partial charge in [-0.15, -0.1) is 0 Å². The van der Waals surface area contributed by atoms with Gasteiger partial charge in [-0.05, 0) is 187 Å². The molecular weight excluding hydrogens is 1320 g/mol. The van der Waals surface area contributed by atoms with Gasteiger partial charge in [-0.1, -0.05) is 91.0 Å². The Morgan fingerprint density at radius 3 is 1.28 bits per heavy atom. The number of amides is 3. The third-order valence-electron chi connectivity index (χ3n) is 18.8. The zero-order valence-electron chi connectivity index (χ0n) is 56.8. The van der Waals surface area contributed by atoms with Crippen LogP contribution >= 0.6 is 0 Å². The Kier molecular flexibility index (Phi) is 17.4. The van der Waals surface area contributed by atoms with Crippen LogP contribution in [0.15, 0.2) is 251 Å². The molecule has 0 radical (unpaired) electrons. The Morgan fingerprint density at radius 1 is 0.371 bits per heavy atom. The molecular formula is C82H65N15O8. The number of anilines is 3. The van der Waals surface area contributed by atoms with Crippen molar-refractivity contribution in [1.82, 2.24) is 58.0 Å². The highest BCUT2D eigenvalue weighted by molar-refractivity contribution is 6.06. The van der Waals surface area contributed by atoms with Crippen LogP contribution in [0.5, 0.6) is 11.5 Å². The molecule has 3 amide bonds. The molecule has 9 aromatic carbocycles. The lowest BCUT2D eigenvalue weighted by Crippen LogP contribution is -2.26. The van der Waals surface area contributed by atoms with E-state index in [1.54, 1.807) is 86.8 Å². The molecule has 0 spiro atoms. The number of aryl methyl sites for hydroxylation is 5. The topological polar surface area (TPSA) is 275 Å². The summed E-state index contributed by atoms with van der Waals surface area (Å²) < 4.78 is 15.9. The number of nitrogens with zero attached hydrogens (tertiary/aromatic N) is 12. The van der Waals surface area contributed by atoms with Gasteiger partial charge in [0.15, 0.2) is 0 Å². The predicted octanol–water partition coefficient (Wildman–Crippen LogP) is 12.2. The molecule has 3 aliphatic heterocycles. The average molecular weight is 1390 g/mol. The van der Waals surface area contributed by atoms with Crippen molar-refractivity contribution in [1.29, 1.82) is 0 Å². The number of phenolic OH excluding ortho intramolecular Hbond substituents is 1. The van der Waals surface area contributed by atoms with Gasteiger partial charge >= 0.3 is 0 Å². The molecule has 0 saturated heterocycles. The van der Waals surface area contributed by atoms with Gasteiger partial charge in [0.05, 0.1) is 83.5 Å². The van der Waals surface area contributed by atoms with Crippen LogP contribution < -0.4 is 37.4 Å². The Labute approximate surface area is 598 Å². The number of benzene rings is 9. The third kappa shape index (κ3) is 13.5. The van der Waals surface area contributed by atoms with Crippen LogP contribution in [0.4, 0.5) is 17.8 Å². The minimum Gasteiger partial charge on any atom is -0.508 e. The van der Waals surface area contributed by atoms with Crippen molar-refractivity contribution >= 4 is 68.7 Å². The van der Waals surface area contributed by atoms with Gasteiger partial charge in [0.2, 0.25) is 17.8 Å². The zero-order chi connectivity index (χ0) is 71.8. The molecule has 0 atom stereocenters. The number of para-hydroxylation sites is 6. The Balaban J connectivity index is 0.000000121. The number of rotatable bonds is 1. The summed E-state index contributed by atoms with van der Waals surface area (Å²) in [7, 11) is 1.65. The molecule has 0 fully saturated rings. The number of phenols is 1. The van der Waals surface area contributed by atoms with Crippen molar-refractivity contribution in [2.75, 3.05) is 23.1 Å².